The first-order valence-electron chi connectivity index (χ1n) is 6.03. The lowest BCUT2D eigenvalue weighted by Crippen LogP contribution is -2.11. The summed E-state index contributed by atoms with van der Waals surface area (Å²) >= 11 is 1.42. The van der Waals surface area contributed by atoms with Crippen LogP contribution < -0.4 is 4.74 Å². The minimum Gasteiger partial charge on any atom is -0.497 e. The smallest absolute Gasteiger partial charge is 0.323 e. The maximum absolute atomic E-state index is 11.9. The van der Waals surface area contributed by atoms with Gasteiger partial charge in [0.25, 0.3) is 0 Å². The monoisotopic (exact) mass is 289 g/mol. The second-order valence-corrected chi connectivity index (χ2v) is 5.16. The van der Waals surface area contributed by atoms with Crippen molar-refractivity contribution >= 4 is 17.7 Å². The van der Waals surface area contributed by atoms with Crippen LogP contribution in [0.2, 0.25) is 0 Å². The first-order chi connectivity index (χ1) is 9.74. The summed E-state index contributed by atoms with van der Waals surface area (Å²) in [4.78, 5) is 17.0. The first-order valence-corrected chi connectivity index (χ1v) is 6.91. The zero-order chi connectivity index (χ0) is 14.4. The van der Waals surface area contributed by atoms with Crippen LogP contribution in [0.25, 0.3) is 0 Å². The van der Waals surface area contributed by atoms with Gasteiger partial charge in [0.05, 0.1) is 14.2 Å². The van der Waals surface area contributed by atoms with Gasteiger partial charge in [-0.3, -0.25) is 9.78 Å². The van der Waals surface area contributed by atoms with Crippen molar-refractivity contribution in [2.24, 2.45) is 0 Å². The van der Waals surface area contributed by atoms with Crippen LogP contribution in [-0.2, 0) is 9.53 Å². The average Bonchev–Trinajstić information content (AvgIpc) is 2.53. The molecule has 0 aliphatic carbocycles. The molecular formula is C15H15NO3S. The lowest BCUT2D eigenvalue weighted by atomic mass is 10.2. The number of hydrogen-bond donors (Lipinski definition) is 0. The molecule has 1 aromatic heterocycles. The quantitative estimate of drug-likeness (QED) is 0.625. The fourth-order valence-corrected chi connectivity index (χ4v) is 2.71. The van der Waals surface area contributed by atoms with E-state index in [1.807, 2.05) is 30.3 Å². The molecule has 20 heavy (non-hydrogen) atoms. The van der Waals surface area contributed by atoms with Gasteiger partial charge in [-0.05, 0) is 35.9 Å². The molecule has 0 saturated heterocycles. The number of carbonyl (C=O) groups excluding carboxylic acids is 1. The summed E-state index contributed by atoms with van der Waals surface area (Å²) in [5.74, 6) is 0.490. The van der Waals surface area contributed by atoms with Crippen molar-refractivity contribution in [2.45, 2.75) is 10.1 Å². The van der Waals surface area contributed by atoms with Crippen molar-refractivity contribution in [2.75, 3.05) is 14.2 Å². The summed E-state index contributed by atoms with van der Waals surface area (Å²) in [5, 5.41) is -0.429. The number of carbonyl (C=O) groups is 1. The number of pyridine rings is 1. The van der Waals surface area contributed by atoms with Crippen molar-refractivity contribution in [3.63, 3.8) is 0 Å². The Kier molecular flexibility index (Phi) is 5.01. The molecule has 104 valence electrons. The summed E-state index contributed by atoms with van der Waals surface area (Å²) < 4.78 is 9.99. The van der Waals surface area contributed by atoms with Crippen LogP contribution in [0.4, 0.5) is 0 Å². The highest BCUT2D eigenvalue weighted by molar-refractivity contribution is 8.00. The molecule has 0 aliphatic rings. The molecule has 0 saturated carbocycles. The van der Waals surface area contributed by atoms with Gasteiger partial charge in [0.2, 0.25) is 0 Å². The Balaban J connectivity index is 2.21. The molecule has 0 fully saturated rings. The number of nitrogens with zero attached hydrogens (tertiary/aromatic N) is 1. The molecular weight excluding hydrogens is 274 g/mol. The number of thioether (sulfide) groups is 1. The van der Waals surface area contributed by atoms with Crippen molar-refractivity contribution in [3.05, 3.63) is 54.4 Å². The Bertz CT molecular complexity index is 557. The van der Waals surface area contributed by atoms with E-state index in [-0.39, 0.29) is 5.97 Å². The van der Waals surface area contributed by atoms with Gasteiger partial charge in [-0.2, -0.15) is 0 Å². The van der Waals surface area contributed by atoms with Crippen LogP contribution in [0, 0.1) is 0 Å². The molecule has 0 radical (unpaired) electrons. The molecule has 0 amide bonds. The number of methoxy groups -OCH3 is 2. The molecule has 0 unspecified atom stereocenters. The molecule has 1 atom stereocenters. The predicted octanol–water partition coefficient (Wildman–Crippen LogP) is 3.10. The normalized spacial score (nSPS) is 11.7. The van der Waals surface area contributed by atoms with E-state index in [2.05, 4.69) is 4.98 Å². The third kappa shape index (κ3) is 3.51. The minimum absolute atomic E-state index is 0.293. The largest absolute Gasteiger partial charge is 0.497 e. The van der Waals surface area contributed by atoms with Crippen LogP contribution >= 0.6 is 11.8 Å². The van der Waals surface area contributed by atoms with Gasteiger partial charge in [-0.25, -0.2) is 0 Å². The molecule has 2 aromatic rings. The second-order valence-electron chi connectivity index (χ2n) is 3.98. The minimum atomic E-state index is -0.429. The zero-order valence-electron chi connectivity index (χ0n) is 11.3. The molecule has 0 N–H and O–H groups in total. The van der Waals surface area contributed by atoms with Crippen molar-refractivity contribution in [1.82, 2.24) is 4.98 Å². The van der Waals surface area contributed by atoms with E-state index in [9.17, 15) is 4.79 Å². The van der Waals surface area contributed by atoms with Crippen LogP contribution in [0.3, 0.4) is 0 Å². The molecule has 0 spiro atoms. The van der Waals surface area contributed by atoms with E-state index in [1.54, 1.807) is 25.6 Å². The summed E-state index contributed by atoms with van der Waals surface area (Å²) in [7, 11) is 3.01. The van der Waals surface area contributed by atoms with Crippen molar-refractivity contribution in [1.29, 1.82) is 0 Å². The van der Waals surface area contributed by atoms with Gasteiger partial charge in [0.15, 0.2) is 0 Å². The van der Waals surface area contributed by atoms with Gasteiger partial charge in [-0.1, -0.05) is 6.07 Å². The van der Waals surface area contributed by atoms with Gasteiger partial charge < -0.3 is 9.47 Å². The molecule has 1 aromatic carbocycles. The van der Waals surface area contributed by atoms with Crippen LogP contribution in [0.5, 0.6) is 5.75 Å². The highest BCUT2D eigenvalue weighted by atomic mass is 32.2. The average molecular weight is 289 g/mol. The Hall–Kier alpha value is -2.01. The van der Waals surface area contributed by atoms with E-state index in [0.29, 0.717) is 0 Å². The number of benzene rings is 1. The maximum Gasteiger partial charge on any atom is 0.323 e. The number of ether oxygens (including phenoxy) is 2. The summed E-state index contributed by atoms with van der Waals surface area (Å²) in [6.45, 7) is 0. The first kappa shape index (κ1) is 14.4. The van der Waals surface area contributed by atoms with Gasteiger partial charge in [0.1, 0.15) is 11.0 Å². The standard InChI is InChI=1S/C15H15NO3S/c1-18-12-5-7-13(8-6-12)20-14(15(17)19-2)11-4-3-9-16-10-11/h3-10,14H,1-2H3/t14-/m1/s1. The highest BCUT2D eigenvalue weighted by Crippen LogP contribution is 2.36. The van der Waals surface area contributed by atoms with Crippen LogP contribution in [0.15, 0.2) is 53.7 Å². The molecule has 2 rings (SSSR count). The Labute approximate surface area is 122 Å². The summed E-state index contributed by atoms with van der Waals surface area (Å²) in [5.41, 5.74) is 0.820. The fourth-order valence-electron chi connectivity index (χ4n) is 1.68. The van der Waals surface area contributed by atoms with Crippen molar-refractivity contribution < 1.29 is 14.3 Å². The van der Waals surface area contributed by atoms with E-state index in [0.717, 1.165) is 16.2 Å². The van der Waals surface area contributed by atoms with Crippen molar-refractivity contribution in [3.8, 4) is 5.75 Å². The van der Waals surface area contributed by atoms with E-state index in [1.165, 1.54) is 18.9 Å². The Morgan fingerprint density at radius 3 is 2.50 bits per heavy atom. The van der Waals surface area contributed by atoms with E-state index in [4.69, 9.17) is 9.47 Å². The van der Waals surface area contributed by atoms with Gasteiger partial charge in [0, 0.05) is 17.3 Å². The zero-order valence-corrected chi connectivity index (χ0v) is 12.1. The Morgan fingerprint density at radius 2 is 1.95 bits per heavy atom. The Morgan fingerprint density at radius 1 is 1.20 bits per heavy atom. The van der Waals surface area contributed by atoms with E-state index >= 15 is 0 Å². The highest BCUT2D eigenvalue weighted by Gasteiger charge is 2.22. The fraction of sp³-hybridized carbons (Fsp3) is 0.200. The molecule has 1 heterocycles. The van der Waals surface area contributed by atoms with Gasteiger partial charge >= 0.3 is 5.97 Å². The number of rotatable bonds is 5. The van der Waals surface area contributed by atoms with Crippen LogP contribution in [0.1, 0.15) is 10.8 Å². The topological polar surface area (TPSA) is 48.4 Å². The summed E-state index contributed by atoms with van der Waals surface area (Å²) in [6, 6.07) is 11.2. The molecule has 0 bridgehead atoms. The second kappa shape index (κ2) is 6.96. The third-order valence-electron chi connectivity index (χ3n) is 2.72. The summed E-state index contributed by atoms with van der Waals surface area (Å²) in [6.07, 6.45) is 3.36. The lowest BCUT2D eigenvalue weighted by Gasteiger charge is -2.14. The number of esters is 1. The SMILES string of the molecule is COC(=O)[C@H](Sc1ccc(OC)cc1)c1cccnc1. The van der Waals surface area contributed by atoms with Gasteiger partial charge in [-0.15, -0.1) is 11.8 Å². The maximum atomic E-state index is 11.9. The lowest BCUT2D eigenvalue weighted by molar-refractivity contribution is -0.140. The molecule has 0 aliphatic heterocycles. The number of hydrogen-bond acceptors (Lipinski definition) is 5. The predicted molar refractivity (Wildman–Crippen MR) is 77.8 cm³/mol. The van der Waals surface area contributed by atoms with E-state index < -0.39 is 5.25 Å². The molecule has 5 heteroatoms. The number of aromatic nitrogens is 1. The molecule has 4 nitrogen and oxygen atoms in total. The van der Waals surface area contributed by atoms with Crippen LogP contribution in [-0.4, -0.2) is 25.2 Å². The third-order valence-corrected chi connectivity index (χ3v) is 3.96.